The van der Waals surface area contributed by atoms with Crippen molar-refractivity contribution in [1.29, 1.82) is 0 Å². The molecule has 27 heavy (non-hydrogen) atoms. The Kier molecular flexibility index (Phi) is 6.41. The Bertz CT molecular complexity index is 784. The Morgan fingerprint density at radius 1 is 0.963 bits per heavy atom. The normalized spacial score (nSPS) is 14.3. The highest BCUT2D eigenvalue weighted by molar-refractivity contribution is 6.04. The van der Waals surface area contributed by atoms with Crippen molar-refractivity contribution in [3.8, 4) is 5.75 Å². The molecule has 0 radical (unpaired) electrons. The van der Waals surface area contributed by atoms with Gasteiger partial charge in [-0.05, 0) is 49.2 Å². The largest absolute Gasteiger partial charge is 0.484 e. The molecule has 1 saturated heterocycles. The fourth-order valence-corrected chi connectivity index (χ4v) is 3.09. The van der Waals surface area contributed by atoms with E-state index in [1.54, 1.807) is 24.3 Å². The zero-order chi connectivity index (χ0) is 19.1. The highest BCUT2D eigenvalue weighted by atomic mass is 19.1. The van der Waals surface area contributed by atoms with E-state index in [2.05, 4.69) is 5.32 Å². The lowest BCUT2D eigenvalue weighted by molar-refractivity contribution is -0.118. The minimum atomic E-state index is -0.379. The van der Waals surface area contributed by atoms with Gasteiger partial charge in [-0.15, -0.1) is 0 Å². The molecule has 1 N–H and O–H groups in total. The van der Waals surface area contributed by atoms with E-state index in [1.165, 1.54) is 24.3 Å². The van der Waals surface area contributed by atoms with Crippen molar-refractivity contribution in [3.05, 3.63) is 59.9 Å². The minimum absolute atomic E-state index is 0.0627. The van der Waals surface area contributed by atoms with Gasteiger partial charge in [0.05, 0.1) is 11.3 Å². The van der Waals surface area contributed by atoms with Gasteiger partial charge < -0.3 is 15.0 Å². The summed E-state index contributed by atoms with van der Waals surface area (Å²) < 4.78 is 18.3. The number of anilines is 1. The van der Waals surface area contributed by atoms with E-state index >= 15 is 0 Å². The van der Waals surface area contributed by atoms with Gasteiger partial charge in [0.15, 0.2) is 6.61 Å². The lowest BCUT2D eigenvalue weighted by Crippen LogP contribution is -2.33. The fraction of sp³-hybridized carbons (Fsp3) is 0.333. The van der Waals surface area contributed by atoms with Crippen molar-refractivity contribution in [3.63, 3.8) is 0 Å². The lowest BCUT2D eigenvalue weighted by Gasteiger charge is -2.22. The number of nitrogens with zero attached hydrogens (tertiary/aromatic N) is 1. The van der Waals surface area contributed by atoms with Crippen LogP contribution >= 0.6 is 0 Å². The van der Waals surface area contributed by atoms with Crippen LogP contribution in [0.2, 0.25) is 0 Å². The standard InChI is InChI=1S/C21H23FN2O3/c22-16-9-11-17(12-10-16)27-15-20(25)23-19-8-4-3-7-18(19)21(26)24-13-5-1-2-6-14-24/h3-4,7-12H,1-2,5-6,13-15H2,(H,23,25). The quantitative estimate of drug-likeness (QED) is 0.869. The number of nitrogens with one attached hydrogen (secondary N) is 1. The van der Waals surface area contributed by atoms with Crippen LogP contribution in [-0.2, 0) is 4.79 Å². The van der Waals surface area contributed by atoms with Crippen LogP contribution < -0.4 is 10.1 Å². The van der Waals surface area contributed by atoms with Gasteiger partial charge in [0.2, 0.25) is 0 Å². The molecule has 2 aromatic rings. The summed E-state index contributed by atoms with van der Waals surface area (Å²) in [5.41, 5.74) is 0.953. The van der Waals surface area contributed by atoms with Crippen LogP contribution in [0.4, 0.5) is 10.1 Å². The second kappa shape index (κ2) is 9.16. The van der Waals surface area contributed by atoms with E-state index in [4.69, 9.17) is 4.74 Å². The van der Waals surface area contributed by atoms with Gasteiger partial charge in [0.25, 0.3) is 11.8 Å². The first-order valence-electron chi connectivity index (χ1n) is 9.20. The molecular weight excluding hydrogens is 347 g/mol. The number of benzene rings is 2. The van der Waals surface area contributed by atoms with Crippen molar-refractivity contribution in [2.24, 2.45) is 0 Å². The highest BCUT2D eigenvalue weighted by Gasteiger charge is 2.20. The van der Waals surface area contributed by atoms with Crippen LogP contribution in [0.25, 0.3) is 0 Å². The molecule has 2 aromatic carbocycles. The van der Waals surface area contributed by atoms with E-state index in [0.717, 1.165) is 38.8 Å². The van der Waals surface area contributed by atoms with E-state index < -0.39 is 0 Å². The first kappa shape index (κ1) is 18.9. The SMILES string of the molecule is O=C(COc1ccc(F)cc1)Nc1ccccc1C(=O)N1CCCCCC1. The summed E-state index contributed by atoms with van der Waals surface area (Å²) in [6, 6.07) is 12.4. The maximum Gasteiger partial charge on any atom is 0.262 e. The van der Waals surface area contributed by atoms with Crippen LogP contribution in [-0.4, -0.2) is 36.4 Å². The maximum absolute atomic E-state index is 12.9. The Labute approximate surface area is 158 Å². The van der Waals surface area contributed by atoms with Crippen LogP contribution in [0.3, 0.4) is 0 Å². The monoisotopic (exact) mass is 370 g/mol. The molecule has 2 amide bonds. The number of rotatable bonds is 5. The number of likely N-dealkylation sites (tertiary alicyclic amines) is 1. The van der Waals surface area contributed by atoms with E-state index in [9.17, 15) is 14.0 Å². The zero-order valence-electron chi connectivity index (χ0n) is 15.1. The molecule has 1 heterocycles. The topological polar surface area (TPSA) is 58.6 Å². The van der Waals surface area contributed by atoms with Gasteiger partial charge in [-0.3, -0.25) is 9.59 Å². The second-order valence-electron chi connectivity index (χ2n) is 6.54. The number of hydrogen-bond acceptors (Lipinski definition) is 3. The number of ether oxygens (including phenoxy) is 1. The molecule has 0 spiro atoms. The molecule has 1 aliphatic rings. The van der Waals surface area contributed by atoms with Gasteiger partial charge in [-0.2, -0.15) is 0 Å². The number of hydrogen-bond donors (Lipinski definition) is 1. The first-order chi connectivity index (χ1) is 13.1. The summed E-state index contributed by atoms with van der Waals surface area (Å²) in [5.74, 6) is -0.407. The van der Waals surface area contributed by atoms with Crippen LogP contribution in [0.1, 0.15) is 36.0 Å². The molecule has 0 atom stereocenters. The molecule has 5 nitrogen and oxygen atoms in total. The fourth-order valence-electron chi connectivity index (χ4n) is 3.09. The molecule has 0 aromatic heterocycles. The Hall–Kier alpha value is -2.89. The van der Waals surface area contributed by atoms with E-state index in [1.807, 2.05) is 4.90 Å². The summed E-state index contributed by atoms with van der Waals surface area (Å²) in [4.78, 5) is 27.0. The third kappa shape index (κ3) is 5.29. The third-order valence-electron chi connectivity index (χ3n) is 4.51. The number of para-hydroxylation sites is 1. The minimum Gasteiger partial charge on any atom is -0.484 e. The van der Waals surface area contributed by atoms with Gasteiger partial charge in [0.1, 0.15) is 11.6 Å². The van der Waals surface area contributed by atoms with Gasteiger partial charge in [-0.1, -0.05) is 25.0 Å². The molecule has 0 aliphatic carbocycles. The average Bonchev–Trinajstić information content (AvgIpc) is 2.97. The lowest BCUT2D eigenvalue weighted by atomic mass is 10.1. The molecule has 3 rings (SSSR count). The number of carbonyl (C=O) groups is 2. The summed E-state index contributed by atoms with van der Waals surface area (Å²) in [6.07, 6.45) is 4.29. The predicted molar refractivity (Wildman–Crippen MR) is 101 cm³/mol. The van der Waals surface area contributed by atoms with E-state index in [-0.39, 0.29) is 24.2 Å². The van der Waals surface area contributed by atoms with Gasteiger partial charge in [-0.25, -0.2) is 4.39 Å². The molecule has 6 heteroatoms. The van der Waals surface area contributed by atoms with Gasteiger partial charge in [0, 0.05) is 13.1 Å². The number of amides is 2. The number of halogens is 1. The summed E-state index contributed by atoms with van der Waals surface area (Å²) in [7, 11) is 0. The third-order valence-corrected chi connectivity index (χ3v) is 4.51. The Morgan fingerprint density at radius 3 is 2.33 bits per heavy atom. The summed E-state index contributed by atoms with van der Waals surface area (Å²) >= 11 is 0. The van der Waals surface area contributed by atoms with Crippen LogP contribution in [0.15, 0.2) is 48.5 Å². The highest BCUT2D eigenvalue weighted by Crippen LogP contribution is 2.20. The summed E-state index contributed by atoms with van der Waals surface area (Å²) in [5, 5.41) is 2.74. The van der Waals surface area contributed by atoms with Crippen LogP contribution in [0, 0.1) is 5.82 Å². The predicted octanol–water partition coefficient (Wildman–Crippen LogP) is 3.86. The Morgan fingerprint density at radius 2 is 1.63 bits per heavy atom. The van der Waals surface area contributed by atoms with Crippen molar-refractivity contribution < 1.29 is 18.7 Å². The summed E-state index contributed by atoms with van der Waals surface area (Å²) in [6.45, 7) is 1.27. The van der Waals surface area contributed by atoms with Crippen LogP contribution in [0.5, 0.6) is 5.75 Å². The van der Waals surface area contributed by atoms with Gasteiger partial charge >= 0.3 is 0 Å². The average molecular weight is 370 g/mol. The molecule has 142 valence electrons. The maximum atomic E-state index is 12.9. The van der Waals surface area contributed by atoms with Crippen molar-refractivity contribution in [2.75, 3.05) is 25.0 Å². The molecule has 1 fully saturated rings. The molecule has 0 bridgehead atoms. The van der Waals surface area contributed by atoms with Crippen molar-refractivity contribution in [2.45, 2.75) is 25.7 Å². The van der Waals surface area contributed by atoms with E-state index in [0.29, 0.717) is 17.0 Å². The second-order valence-corrected chi connectivity index (χ2v) is 6.54. The first-order valence-corrected chi connectivity index (χ1v) is 9.20. The van der Waals surface area contributed by atoms with Crippen molar-refractivity contribution in [1.82, 2.24) is 4.90 Å². The number of carbonyl (C=O) groups excluding carboxylic acids is 2. The molecule has 1 aliphatic heterocycles. The molecule has 0 unspecified atom stereocenters. The smallest absolute Gasteiger partial charge is 0.262 e. The Balaban J connectivity index is 1.63. The zero-order valence-corrected chi connectivity index (χ0v) is 15.1. The molecular formula is C21H23FN2O3. The van der Waals surface area contributed by atoms with Crippen molar-refractivity contribution >= 4 is 17.5 Å². The molecule has 0 saturated carbocycles.